The molecule has 2 aromatic heterocycles. The van der Waals surface area contributed by atoms with E-state index in [0.29, 0.717) is 21.7 Å². The summed E-state index contributed by atoms with van der Waals surface area (Å²) in [6, 6.07) is 14.9. The summed E-state index contributed by atoms with van der Waals surface area (Å²) in [5.41, 5.74) is 2.14. The van der Waals surface area contributed by atoms with Crippen molar-refractivity contribution < 1.29 is 4.79 Å². The van der Waals surface area contributed by atoms with Gasteiger partial charge in [0, 0.05) is 5.39 Å². The van der Waals surface area contributed by atoms with Gasteiger partial charge in [-0.3, -0.25) is 4.79 Å². The molecule has 0 bridgehead atoms. The van der Waals surface area contributed by atoms with Crippen LogP contribution >= 0.6 is 23.4 Å². The number of anilines is 1. The summed E-state index contributed by atoms with van der Waals surface area (Å²) in [6.07, 6.45) is 0. The van der Waals surface area contributed by atoms with E-state index in [1.165, 1.54) is 11.8 Å². The van der Waals surface area contributed by atoms with E-state index in [2.05, 4.69) is 20.4 Å². The van der Waals surface area contributed by atoms with E-state index in [4.69, 9.17) is 11.6 Å². The maximum Gasteiger partial charge on any atom is 0.237 e. The molecule has 0 aliphatic heterocycles. The number of amides is 1. The summed E-state index contributed by atoms with van der Waals surface area (Å²) in [5, 5.41) is 8.94. The molecule has 0 spiro atoms. The van der Waals surface area contributed by atoms with E-state index in [0.717, 1.165) is 16.6 Å². The third kappa shape index (κ3) is 3.48. The zero-order valence-corrected chi connectivity index (χ0v) is 16.3. The summed E-state index contributed by atoms with van der Waals surface area (Å²) in [6.45, 7) is 3.66. The summed E-state index contributed by atoms with van der Waals surface area (Å²) < 4.78 is 1.70. The van der Waals surface area contributed by atoms with Crippen LogP contribution in [0.5, 0.6) is 0 Å². The van der Waals surface area contributed by atoms with E-state index in [-0.39, 0.29) is 5.91 Å². The predicted octanol–water partition coefficient (Wildman–Crippen LogP) is 4.36. The fraction of sp³-hybridized carbons (Fsp3) is 0.158. The van der Waals surface area contributed by atoms with E-state index in [1.54, 1.807) is 16.6 Å². The number of aromatic nitrogens is 4. The molecular weight excluding hydrogens is 382 g/mol. The van der Waals surface area contributed by atoms with Crippen LogP contribution in [-0.2, 0) is 4.79 Å². The lowest BCUT2D eigenvalue weighted by Crippen LogP contribution is -2.23. The fourth-order valence-corrected chi connectivity index (χ4v) is 3.76. The Morgan fingerprint density at radius 2 is 1.89 bits per heavy atom. The first-order valence-corrected chi connectivity index (χ1v) is 9.63. The molecule has 0 radical (unpaired) electrons. The van der Waals surface area contributed by atoms with E-state index >= 15 is 0 Å². The first-order valence-electron chi connectivity index (χ1n) is 8.37. The number of benzene rings is 2. The minimum atomic E-state index is -0.400. The molecular formula is C19H16ClN5OS. The van der Waals surface area contributed by atoms with Crippen LogP contribution in [0, 0.1) is 6.92 Å². The van der Waals surface area contributed by atoms with Crippen molar-refractivity contribution in [2.24, 2.45) is 0 Å². The number of rotatable bonds is 4. The van der Waals surface area contributed by atoms with Crippen LogP contribution in [-0.4, -0.2) is 30.7 Å². The van der Waals surface area contributed by atoms with Crippen LogP contribution in [0.3, 0.4) is 0 Å². The van der Waals surface area contributed by atoms with Gasteiger partial charge in [0.05, 0.1) is 21.5 Å². The second-order valence-electron chi connectivity index (χ2n) is 6.04. The Morgan fingerprint density at radius 3 is 2.70 bits per heavy atom. The highest BCUT2D eigenvalue weighted by Gasteiger charge is 2.20. The summed E-state index contributed by atoms with van der Waals surface area (Å²) in [4.78, 5) is 21.8. The average molecular weight is 398 g/mol. The number of hydrogen-bond acceptors (Lipinski definition) is 5. The molecule has 8 heteroatoms. The second-order valence-corrected chi connectivity index (χ2v) is 7.75. The van der Waals surface area contributed by atoms with Crippen LogP contribution in [0.25, 0.3) is 16.6 Å². The van der Waals surface area contributed by atoms with Crippen molar-refractivity contribution in [2.45, 2.75) is 24.3 Å². The van der Waals surface area contributed by atoms with Gasteiger partial charge in [0.15, 0.2) is 10.8 Å². The molecule has 2 heterocycles. The smallest absolute Gasteiger partial charge is 0.237 e. The topological polar surface area (TPSA) is 72.2 Å². The highest BCUT2D eigenvalue weighted by molar-refractivity contribution is 8.00. The number of carbonyl (C=O) groups is 1. The number of aryl methyl sites for hydroxylation is 1. The molecule has 0 saturated carbocycles. The van der Waals surface area contributed by atoms with Gasteiger partial charge < -0.3 is 5.32 Å². The minimum absolute atomic E-state index is 0.159. The Morgan fingerprint density at radius 1 is 1.15 bits per heavy atom. The van der Waals surface area contributed by atoms with Gasteiger partial charge in [-0.25, -0.2) is 9.97 Å². The lowest BCUT2D eigenvalue weighted by molar-refractivity contribution is -0.115. The molecule has 1 unspecified atom stereocenters. The molecule has 136 valence electrons. The van der Waals surface area contributed by atoms with Crippen molar-refractivity contribution >= 4 is 51.5 Å². The molecule has 2 aromatic carbocycles. The van der Waals surface area contributed by atoms with Crippen molar-refractivity contribution in [3.8, 4) is 0 Å². The van der Waals surface area contributed by atoms with Gasteiger partial charge in [-0.1, -0.05) is 47.6 Å². The SMILES string of the molecule is Cc1nc2c3ccccc3nc(SC(C)C(=O)Nc3ccccc3Cl)n2n1. The third-order valence-corrected chi connectivity index (χ3v) is 5.41. The van der Waals surface area contributed by atoms with Crippen molar-refractivity contribution in [3.63, 3.8) is 0 Å². The third-order valence-electron chi connectivity index (χ3n) is 4.04. The second kappa shape index (κ2) is 7.17. The standard InChI is InChI=1S/C19H16ClN5OS/c1-11(18(26)22-16-10-6-4-8-14(16)20)27-19-23-15-9-5-3-7-13(15)17-21-12(2)24-25(17)19/h3-11H,1-2H3,(H,22,26). The first-order chi connectivity index (χ1) is 13.0. The Labute approximate surface area is 165 Å². The van der Waals surface area contributed by atoms with Crippen LogP contribution in [0.4, 0.5) is 5.69 Å². The minimum Gasteiger partial charge on any atom is -0.324 e. The molecule has 27 heavy (non-hydrogen) atoms. The molecule has 1 N–H and O–H groups in total. The number of carbonyl (C=O) groups excluding carboxylic acids is 1. The Hall–Kier alpha value is -2.64. The largest absolute Gasteiger partial charge is 0.324 e. The number of nitrogens with one attached hydrogen (secondary N) is 1. The number of halogens is 1. The van der Waals surface area contributed by atoms with E-state index in [9.17, 15) is 4.79 Å². The van der Waals surface area contributed by atoms with Crippen molar-refractivity contribution in [1.82, 2.24) is 19.6 Å². The molecule has 6 nitrogen and oxygen atoms in total. The molecule has 0 saturated heterocycles. The van der Waals surface area contributed by atoms with Crippen molar-refractivity contribution in [3.05, 3.63) is 59.4 Å². The van der Waals surface area contributed by atoms with E-state index in [1.807, 2.05) is 50.2 Å². The van der Waals surface area contributed by atoms with Gasteiger partial charge >= 0.3 is 0 Å². The normalized spacial score (nSPS) is 12.4. The van der Waals surface area contributed by atoms with Crippen molar-refractivity contribution in [2.75, 3.05) is 5.32 Å². The lowest BCUT2D eigenvalue weighted by atomic mass is 10.2. The molecule has 0 fully saturated rings. The van der Waals surface area contributed by atoms with Gasteiger partial charge in [-0.2, -0.15) is 4.52 Å². The number of para-hydroxylation sites is 2. The first kappa shape index (κ1) is 17.8. The predicted molar refractivity (Wildman–Crippen MR) is 108 cm³/mol. The Bertz CT molecular complexity index is 1160. The number of fused-ring (bicyclic) bond motifs is 3. The molecule has 4 rings (SSSR count). The summed E-state index contributed by atoms with van der Waals surface area (Å²) >= 11 is 7.45. The lowest BCUT2D eigenvalue weighted by Gasteiger charge is -2.13. The van der Waals surface area contributed by atoms with Crippen LogP contribution in [0.2, 0.25) is 5.02 Å². The maximum atomic E-state index is 12.6. The highest BCUT2D eigenvalue weighted by atomic mass is 35.5. The fourth-order valence-electron chi connectivity index (χ4n) is 2.72. The van der Waals surface area contributed by atoms with Gasteiger partial charge in [0.1, 0.15) is 5.82 Å². The summed E-state index contributed by atoms with van der Waals surface area (Å²) in [7, 11) is 0. The van der Waals surface area contributed by atoms with Gasteiger partial charge in [-0.15, -0.1) is 5.10 Å². The zero-order chi connectivity index (χ0) is 19.0. The monoisotopic (exact) mass is 397 g/mol. The maximum absolute atomic E-state index is 12.6. The van der Waals surface area contributed by atoms with Gasteiger partial charge in [0.25, 0.3) is 0 Å². The van der Waals surface area contributed by atoms with Crippen LogP contribution in [0.15, 0.2) is 53.7 Å². The Balaban J connectivity index is 1.66. The average Bonchev–Trinajstić information content (AvgIpc) is 3.05. The molecule has 1 atom stereocenters. The highest BCUT2D eigenvalue weighted by Crippen LogP contribution is 2.28. The molecule has 0 aliphatic carbocycles. The molecule has 0 aliphatic rings. The van der Waals surface area contributed by atoms with Crippen molar-refractivity contribution in [1.29, 1.82) is 0 Å². The number of hydrogen-bond donors (Lipinski definition) is 1. The Kier molecular flexibility index (Phi) is 4.72. The summed E-state index contributed by atoms with van der Waals surface area (Å²) in [5.74, 6) is 0.497. The quantitative estimate of drug-likeness (QED) is 0.409. The number of nitrogens with zero attached hydrogens (tertiary/aromatic N) is 4. The van der Waals surface area contributed by atoms with Crippen LogP contribution < -0.4 is 5.32 Å². The molecule has 1 amide bonds. The van der Waals surface area contributed by atoms with Gasteiger partial charge in [0.2, 0.25) is 5.91 Å². The number of thioether (sulfide) groups is 1. The molecule has 4 aromatic rings. The van der Waals surface area contributed by atoms with Crippen LogP contribution in [0.1, 0.15) is 12.7 Å². The zero-order valence-electron chi connectivity index (χ0n) is 14.7. The van der Waals surface area contributed by atoms with Gasteiger partial charge in [-0.05, 0) is 38.1 Å². The van der Waals surface area contributed by atoms with E-state index < -0.39 is 5.25 Å².